The van der Waals surface area contributed by atoms with Gasteiger partial charge in [-0.05, 0) is 50.8 Å². The Kier molecular flexibility index (Phi) is 13.4. The molecule has 8 rings (SSSR count). The number of aryl methyl sites for hydroxylation is 2. The molecule has 0 saturated carbocycles. The zero-order valence-corrected chi connectivity index (χ0v) is 42.7. The van der Waals surface area contributed by atoms with Crippen molar-refractivity contribution in [3.8, 4) is 44.8 Å². The fourth-order valence-electron chi connectivity index (χ4n) is 8.80. The van der Waals surface area contributed by atoms with Gasteiger partial charge >= 0.3 is 0 Å². The molecule has 8 aromatic rings. The van der Waals surface area contributed by atoms with Crippen LogP contribution in [-0.4, -0.2) is 8.07 Å². The Morgan fingerprint density at radius 3 is 1.89 bits per heavy atom. The molecule has 0 spiro atoms. The van der Waals surface area contributed by atoms with Crippen LogP contribution in [0.4, 0.5) is 0 Å². The van der Waals surface area contributed by atoms with E-state index in [9.17, 15) is 0 Å². The minimum Gasteiger partial charge on any atom is -0.469 e. The molecule has 0 aliphatic heterocycles. The van der Waals surface area contributed by atoms with E-state index in [-0.39, 0.29) is 30.9 Å². The van der Waals surface area contributed by atoms with Crippen molar-refractivity contribution >= 4 is 35.2 Å². The molecule has 0 aliphatic rings. The smallest absolute Gasteiger partial charge is 0.134 e. The summed E-state index contributed by atoms with van der Waals surface area (Å²) in [6, 6.07) is 40.9. The van der Waals surface area contributed by atoms with Crippen LogP contribution in [-0.2, 0) is 31.9 Å². The third-order valence-corrected chi connectivity index (χ3v) is 13.9. The Balaban J connectivity index is 0.000000223. The third kappa shape index (κ3) is 10.0. The molecule has 0 amide bonds. The fraction of sp³-hybridized carbons (Fsp3) is 0.241. The monoisotopic (exact) mass is 1030 g/mol. The maximum absolute atomic E-state index is 6.57. The van der Waals surface area contributed by atoms with Gasteiger partial charge in [0.25, 0.3) is 0 Å². The van der Waals surface area contributed by atoms with E-state index in [1.165, 1.54) is 49.8 Å². The molecular formula is C58H64IrN2OSi-2. The first-order valence-electron chi connectivity index (χ1n) is 21.8. The van der Waals surface area contributed by atoms with Crippen molar-refractivity contribution in [2.45, 2.75) is 86.9 Å². The van der Waals surface area contributed by atoms with Crippen molar-refractivity contribution in [3.05, 3.63) is 189 Å². The van der Waals surface area contributed by atoms with Crippen LogP contribution in [0.1, 0.15) is 74.9 Å². The van der Waals surface area contributed by atoms with E-state index in [0.29, 0.717) is 0 Å². The predicted octanol–water partition coefficient (Wildman–Crippen LogP) is 14.2. The second-order valence-corrected chi connectivity index (χ2v) is 25.4. The quantitative estimate of drug-likeness (QED) is 0.0924. The van der Waals surface area contributed by atoms with Gasteiger partial charge in [-0.3, -0.25) is 0 Å². The second-order valence-electron chi connectivity index (χ2n) is 20.4. The van der Waals surface area contributed by atoms with Crippen molar-refractivity contribution in [1.82, 2.24) is 0 Å². The second kappa shape index (κ2) is 18.0. The van der Waals surface area contributed by atoms with Gasteiger partial charge in [-0.1, -0.05) is 183 Å². The van der Waals surface area contributed by atoms with Gasteiger partial charge in [0, 0.05) is 45.0 Å². The topological polar surface area (TPSA) is 20.9 Å². The summed E-state index contributed by atoms with van der Waals surface area (Å²) in [6.07, 6.45) is 5.38. The predicted molar refractivity (Wildman–Crippen MR) is 267 cm³/mol. The molecule has 0 bridgehead atoms. The molecule has 0 saturated heterocycles. The molecule has 5 heteroatoms. The number of hydrogen-bond acceptors (Lipinski definition) is 1. The first kappa shape index (κ1) is 47.0. The first-order chi connectivity index (χ1) is 29.1. The molecule has 0 fully saturated rings. The summed E-state index contributed by atoms with van der Waals surface area (Å²) in [7, 11) is 7.15. The van der Waals surface area contributed by atoms with Gasteiger partial charge < -0.3 is 13.6 Å². The van der Waals surface area contributed by atoms with Crippen LogP contribution in [0.2, 0.25) is 19.6 Å². The summed E-state index contributed by atoms with van der Waals surface area (Å²) in [5.74, 6) is 0. The normalized spacial score (nSPS) is 11.9. The Morgan fingerprint density at radius 1 is 0.635 bits per heavy atom. The molecular weight excluding hydrogens is 961 g/mol. The van der Waals surface area contributed by atoms with Crippen molar-refractivity contribution in [2.75, 3.05) is 0 Å². The maximum Gasteiger partial charge on any atom is 0.134 e. The zero-order valence-electron chi connectivity index (χ0n) is 39.3. The number of benzene rings is 5. The van der Waals surface area contributed by atoms with Gasteiger partial charge in [0.15, 0.2) is 0 Å². The fourth-order valence-corrected chi connectivity index (χ4v) is 10.5. The van der Waals surface area contributed by atoms with Crippen LogP contribution in [0.15, 0.2) is 132 Å². The van der Waals surface area contributed by atoms with Crippen molar-refractivity contribution in [3.63, 3.8) is 0 Å². The molecule has 63 heavy (non-hydrogen) atoms. The van der Waals surface area contributed by atoms with Crippen LogP contribution >= 0.6 is 0 Å². The van der Waals surface area contributed by atoms with Crippen LogP contribution < -0.4 is 14.3 Å². The van der Waals surface area contributed by atoms with Gasteiger partial charge in [-0.25, -0.2) is 0 Å². The van der Waals surface area contributed by atoms with E-state index in [1.807, 2.05) is 22.9 Å². The molecule has 3 aromatic heterocycles. The maximum atomic E-state index is 6.57. The van der Waals surface area contributed by atoms with Crippen molar-refractivity contribution in [2.24, 2.45) is 5.41 Å². The average molecular weight is 1030 g/mol. The van der Waals surface area contributed by atoms with E-state index in [1.54, 1.807) is 0 Å². The molecule has 3 heterocycles. The first-order valence-corrected chi connectivity index (χ1v) is 25.3. The molecule has 0 aliphatic carbocycles. The number of furan rings is 1. The SMILES string of the molecule is [CH2-]c1cc(C)cc(C)c1-c1cc(CC(C)(C)C)c([Si](C)(C)C)c[n+]1[CH2-].[CH2-]c1ccc2c(oc3cccc(-c4ccc(-c5ccccc5)cc4)c32)c1-c1cc(C(C)(C)C)cc[n+]1[CH2-].[Ir]. The molecule has 1 radical (unpaired) electrons. The van der Waals surface area contributed by atoms with Gasteiger partial charge in [0.1, 0.15) is 5.58 Å². The summed E-state index contributed by atoms with van der Waals surface area (Å²) < 4.78 is 10.5. The summed E-state index contributed by atoms with van der Waals surface area (Å²) in [6.45, 7) is 33.8. The zero-order chi connectivity index (χ0) is 44.9. The summed E-state index contributed by atoms with van der Waals surface area (Å²) in [4.78, 5) is 0. The summed E-state index contributed by atoms with van der Waals surface area (Å²) in [5, 5.41) is 3.71. The van der Waals surface area contributed by atoms with Gasteiger partial charge in [-0.2, -0.15) is 37.1 Å². The standard InChI is InChI=1S/C35H30NO.C23H34NSi.Ir/c1-23-14-19-29-33-28(26-17-15-25(16-18-26)24-10-7-6-8-11-24)12-9-13-31(33)37-34(29)32(23)30-22-27(35(2,3)4)20-21-36(30)5;1-16-11-17(2)22(18(3)12-16)20-13-19(14-23(4,5)6)21(15-24(20)7)25(8,9)10;/h6-22H,1,5H2,2-4H3;11-13,15H,2,7,14H2,1,3-6,8-10H3;/q2*-1;. The summed E-state index contributed by atoms with van der Waals surface area (Å²) in [5.41, 5.74) is 18.4. The van der Waals surface area contributed by atoms with Crippen molar-refractivity contribution < 1.29 is 33.7 Å². The van der Waals surface area contributed by atoms with Gasteiger partial charge in [0.05, 0.1) is 37.4 Å². The van der Waals surface area contributed by atoms with Crippen LogP contribution in [0.25, 0.3) is 66.7 Å². The summed E-state index contributed by atoms with van der Waals surface area (Å²) >= 11 is 0. The number of pyridine rings is 2. The third-order valence-electron chi connectivity index (χ3n) is 11.8. The number of fused-ring (bicyclic) bond motifs is 3. The Hall–Kier alpha value is -5.45. The van der Waals surface area contributed by atoms with E-state index >= 15 is 0 Å². The van der Waals surface area contributed by atoms with E-state index in [0.717, 1.165) is 61.9 Å². The number of rotatable bonds is 6. The van der Waals surface area contributed by atoms with Gasteiger partial charge in [-0.15, -0.1) is 22.8 Å². The molecule has 5 aromatic carbocycles. The number of nitrogens with zero attached hydrogens (tertiary/aromatic N) is 2. The number of aromatic nitrogens is 2. The average Bonchev–Trinajstić information content (AvgIpc) is 3.57. The van der Waals surface area contributed by atoms with Gasteiger partial charge in [0.2, 0.25) is 0 Å². The minimum atomic E-state index is -1.45. The van der Waals surface area contributed by atoms with E-state index < -0.39 is 8.07 Å². The van der Waals surface area contributed by atoms with Crippen LogP contribution in [0.3, 0.4) is 0 Å². The van der Waals surface area contributed by atoms with E-state index in [4.69, 9.17) is 4.42 Å². The molecule has 0 N–H and O–H groups in total. The Morgan fingerprint density at radius 2 is 1.27 bits per heavy atom. The number of hydrogen-bond donors (Lipinski definition) is 0. The molecule has 0 unspecified atom stereocenters. The molecule has 327 valence electrons. The Labute approximate surface area is 392 Å². The molecule has 0 atom stereocenters. The van der Waals surface area contributed by atoms with Crippen LogP contribution in [0, 0.1) is 47.2 Å². The largest absolute Gasteiger partial charge is 0.469 e. The Bertz CT molecular complexity index is 2900. The molecule has 3 nitrogen and oxygen atoms in total. The van der Waals surface area contributed by atoms with E-state index in [2.05, 4.69) is 217 Å². The van der Waals surface area contributed by atoms with Crippen molar-refractivity contribution in [1.29, 1.82) is 0 Å². The van der Waals surface area contributed by atoms with Crippen LogP contribution in [0.5, 0.6) is 0 Å². The minimum absolute atomic E-state index is 0.